The summed E-state index contributed by atoms with van der Waals surface area (Å²) in [6, 6.07) is 10.9. The molecule has 1 aromatic carbocycles. The van der Waals surface area contributed by atoms with Crippen molar-refractivity contribution in [2.45, 2.75) is 58.4 Å². The Morgan fingerprint density at radius 3 is 2.53 bits per heavy atom. The Morgan fingerprint density at radius 2 is 1.91 bits per heavy atom. The van der Waals surface area contributed by atoms with Crippen LogP contribution in [0.2, 0.25) is 0 Å². The molecule has 1 aliphatic rings. The van der Waals surface area contributed by atoms with Crippen LogP contribution in [0.4, 0.5) is 4.39 Å². The molecule has 1 saturated heterocycles. The van der Waals surface area contributed by atoms with Crippen molar-refractivity contribution in [3.63, 3.8) is 0 Å². The second kappa shape index (κ2) is 9.59. The number of carbonyl (C=O) groups is 1. The number of halogens is 1. The highest BCUT2D eigenvalue weighted by atomic mass is 19.1. The van der Waals surface area contributed by atoms with Crippen molar-refractivity contribution in [2.75, 3.05) is 13.1 Å². The summed E-state index contributed by atoms with van der Waals surface area (Å²) in [5.74, 6) is 1.90. The van der Waals surface area contributed by atoms with Gasteiger partial charge in [-0.15, -0.1) is 0 Å². The van der Waals surface area contributed by atoms with Crippen LogP contribution in [0.1, 0.15) is 66.6 Å². The number of aryl methyl sites for hydroxylation is 2. The number of rotatable bonds is 6. The fourth-order valence-corrected chi connectivity index (χ4v) is 4.49. The first kappa shape index (κ1) is 22.1. The highest BCUT2D eigenvalue weighted by Crippen LogP contribution is 2.28. The summed E-state index contributed by atoms with van der Waals surface area (Å²) >= 11 is 0. The molecular weight excluding hydrogens is 405 g/mol. The van der Waals surface area contributed by atoms with E-state index in [1.54, 1.807) is 6.07 Å². The third-order valence-corrected chi connectivity index (χ3v) is 6.26. The van der Waals surface area contributed by atoms with Crippen LogP contribution in [-0.4, -0.2) is 43.6 Å². The van der Waals surface area contributed by atoms with Crippen molar-refractivity contribution in [1.82, 2.24) is 24.6 Å². The molecule has 0 bridgehead atoms. The summed E-state index contributed by atoms with van der Waals surface area (Å²) in [6.07, 6.45) is 4.62. The Labute approximate surface area is 188 Å². The minimum atomic E-state index is -0.183. The maximum absolute atomic E-state index is 13.9. The summed E-state index contributed by atoms with van der Waals surface area (Å²) < 4.78 is 15.7. The van der Waals surface area contributed by atoms with Crippen LogP contribution in [0.15, 0.2) is 42.6 Å². The molecule has 6 nitrogen and oxygen atoms in total. The summed E-state index contributed by atoms with van der Waals surface area (Å²) in [5.41, 5.74) is 2.73. The number of piperidine rings is 1. The van der Waals surface area contributed by atoms with Crippen molar-refractivity contribution in [1.29, 1.82) is 0 Å². The Morgan fingerprint density at radius 1 is 1.16 bits per heavy atom. The van der Waals surface area contributed by atoms with Crippen LogP contribution < -0.4 is 0 Å². The summed E-state index contributed by atoms with van der Waals surface area (Å²) in [4.78, 5) is 23.7. The van der Waals surface area contributed by atoms with Gasteiger partial charge in [0, 0.05) is 43.7 Å². The second-order valence-electron chi connectivity index (χ2n) is 8.72. The topological polar surface area (TPSA) is 63.9 Å². The molecule has 0 spiro atoms. The lowest BCUT2D eigenvalue weighted by Crippen LogP contribution is -2.39. The van der Waals surface area contributed by atoms with E-state index in [4.69, 9.17) is 0 Å². The number of likely N-dealkylation sites (tertiary alicyclic amines) is 1. The van der Waals surface area contributed by atoms with E-state index < -0.39 is 0 Å². The number of amides is 1. The number of carbonyl (C=O) groups excluding carboxylic acids is 1. The van der Waals surface area contributed by atoms with Gasteiger partial charge in [0.2, 0.25) is 5.91 Å². The highest BCUT2D eigenvalue weighted by Gasteiger charge is 2.26. The van der Waals surface area contributed by atoms with E-state index in [0.29, 0.717) is 24.3 Å². The van der Waals surface area contributed by atoms with E-state index in [0.717, 1.165) is 48.8 Å². The minimum absolute atomic E-state index is 0.00918. The fourth-order valence-electron chi connectivity index (χ4n) is 4.49. The number of aromatic nitrogens is 4. The third-order valence-electron chi connectivity index (χ3n) is 6.26. The van der Waals surface area contributed by atoms with Crippen molar-refractivity contribution in [2.24, 2.45) is 0 Å². The predicted molar refractivity (Wildman–Crippen MR) is 121 cm³/mol. The van der Waals surface area contributed by atoms with E-state index in [-0.39, 0.29) is 17.8 Å². The molecule has 7 heteroatoms. The van der Waals surface area contributed by atoms with Gasteiger partial charge in [0.15, 0.2) is 0 Å². The number of nitrogens with zero attached hydrogens (tertiary/aromatic N) is 5. The maximum Gasteiger partial charge on any atom is 0.224 e. The Kier molecular flexibility index (Phi) is 6.63. The molecule has 1 amide bonds. The lowest BCUT2D eigenvalue weighted by Gasteiger charge is -2.32. The van der Waals surface area contributed by atoms with Crippen LogP contribution in [0, 0.1) is 19.7 Å². The quantitative estimate of drug-likeness (QED) is 0.577. The van der Waals surface area contributed by atoms with Gasteiger partial charge in [0.1, 0.15) is 17.5 Å². The summed E-state index contributed by atoms with van der Waals surface area (Å²) in [7, 11) is 0. The van der Waals surface area contributed by atoms with Crippen LogP contribution in [0.5, 0.6) is 0 Å². The average molecular weight is 436 g/mol. The number of hydrogen-bond acceptors (Lipinski definition) is 4. The van der Waals surface area contributed by atoms with Crippen molar-refractivity contribution in [3.8, 4) is 0 Å². The summed E-state index contributed by atoms with van der Waals surface area (Å²) in [6.45, 7) is 7.28. The highest BCUT2D eigenvalue weighted by molar-refractivity contribution is 5.76. The Bertz CT molecular complexity index is 1070. The molecule has 4 rings (SSSR count). The van der Waals surface area contributed by atoms with Crippen molar-refractivity contribution < 1.29 is 9.18 Å². The minimum Gasteiger partial charge on any atom is -0.343 e. The zero-order valence-corrected chi connectivity index (χ0v) is 19.0. The molecule has 0 aliphatic carbocycles. The molecule has 3 aromatic rings. The predicted octanol–water partition coefficient (Wildman–Crippen LogP) is 4.38. The van der Waals surface area contributed by atoms with E-state index in [9.17, 15) is 9.18 Å². The molecule has 1 unspecified atom stereocenters. The van der Waals surface area contributed by atoms with Gasteiger partial charge in [-0.3, -0.25) is 9.78 Å². The molecule has 168 valence electrons. The number of hydrogen-bond donors (Lipinski definition) is 0. The molecule has 32 heavy (non-hydrogen) atoms. The molecule has 0 saturated carbocycles. The van der Waals surface area contributed by atoms with E-state index in [1.165, 1.54) is 6.07 Å². The van der Waals surface area contributed by atoms with Gasteiger partial charge in [0.25, 0.3) is 0 Å². The molecule has 1 fully saturated rings. The van der Waals surface area contributed by atoms with E-state index >= 15 is 0 Å². The van der Waals surface area contributed by atoms with Gasteiger partial charge in [-0.05, 0) is 56.9 Å². The second-order valence-corrected chi connectivity index (χ2v) is 8.72. The standard InChI is InChI=1S/C25H30FN5O/c1-17(31-19(3)28-18(2)29-31)14-25(32)30-12-10-21(11-13-30)24-9-8-20(16-27-24)15-22-6-4-5-7-23(22)26/h4-9,16-17,21H,10-15H2,1-3H3. The SMILES string of the molecule is Cc1nc(C)n(C(C)CC(=O)N2CCC(c3ccc(Cc4ccccc4F)cn3)CC2)n1. The first-order valence-corrected chi connectivity index (χ1v) is 11.3. The largest absolute Gasteiger partial charge is 0.343 e. The normalized spacial score (nSPS) is 15.7. The Hall–Kier alpha value is -3.09. The molecule has 0 radical (unpaired) electrons. The maximum atomic E-state index is 13.9. The van der Waals surface area contributed by atoms with Gasteiger partial charge >= 0.3 is 0 Å². The zero-order valence-electron chi connectivity index (χ0n) is 19.0. The van der Waals surface area contributed by atoms with E-state index in [2.05, 4.69) is 21.1 Å². The lowest BCUT2D eigenvalue weighted by molar-refractivity contribution is -0.133. The van der Waals surface area contributed by atoms with Gasteiger partial charge in [0.05, 0.1) is 6.04 Å². The first-order valence-electron chi connectivity index (χ1n) is 11.3. The summed E-state index contributed by atoms with van der Waals surface area (Å²) in [5, 5.41) is 4.40. The molecular formula is C25H30FN5O. The lowest BCUT2D eigenvalue weighted by atomic mass is 9.92. The van der Waals surface area contributed by atoms with Crippen LogP contribution in [0.3, 0.4) is 0 Å². The molecule has 1 aliphatic heterocycles. The van der Waals surface area contributed by atoms with E-state index in [1.807, 2.05) is 54.7 Å². The van der Waals surface area contributed by atoms with Crippen molar-refractivity contribution >= 4 is 5.91 Å². The van der Waals surface area contributed by atoms with Gasteiger partial charge < -0.3 is 4.90 Å². The van der Waals surface area contributed by atoms with Gasteiger partial charge in [-0.2, -0.15) is 5.10 Å². The molecule has 1 atom stereocenters. The first-order chi connectivity index (χ1) is 15.4. The van der Waals surface area contributed by atoms with Gasteiger partial charge in [-0.25, -0.2) is 14.1 Å². The molecule has 2 aromatic heterocycles. The van der Waals surface area contributed by atoms with Gasteiger partial charge in [-0.1, -0.05) is 24.3 Å². The number of pyridine rings is 1. The zero-order chi connectivity index (χ0) is 22.7. The molecule has 3 heterocycles. The smallest absolute Gasteiger partial charge is 0.224 e. The van der Waals surface area contributed by atoms with Crippen LogP contribution in [0.25, 0.3) is 0 Å². The Balaban J connectivity index is 1.30. The van der Waals surface area contributed by atoms with Crippen LogP contribution >= 0.6 is 0 Å². The number of benzene rings is 1. The third kappa shape index (κ3) is 5.03. The monoisotopic (exact) mass is 435 g/mol. The van der Waals surface area contributed by atoms with Crippen molar-refractivity contribution in [3.05, 3.63) is 76.9 Å². The fraction of sp³-hybridized carbons (Fsp3) is 0.440. The molecule has 0 N–H and O–H groups in total. The van der Waals surface area contributed by atoms with Crippen LogP contribution in [-0.2, 0) is 11.2 Å². The average Bonchev–Trinajstić information content (AvgIpc) is 3.14.